The molecule has 2 rings (SSSR count). The van der Waals surface area contributed by atoms with E-state index in [1.165, 1.54) is 12.7 Å². The number of H-pyrrole nitrogens is 1. The van der Waals surface area contributed by atoms with Gasteiger partial charge in [0.25, 0.3) is 0 Å². The van der Waals surface area contributed by atoms with Crippen molar-refractivity contribution in [3.05, 3.63) is 12.7 Å². The molecule has 2 heterocycles. The summed E-state index contributed by atoms with van der Waals surface area (Å²) in [5.74, 6) is 0.212. The van der Waals surface area contributed by atoms with Crippen LogP contribution in [0, 0.1) is 0 Å². The molecule has 1 unspecified atom stereocenters. The topological polar surface area (TPSA) is 104 Å². The van der Waals surface area contributed by atoms with Crippen LogP contribution in [0.25, 0.3) is 11.2 Å². The van der Waals surface area contributed by atoms with Gasteiger partial charge < -0.3 is 15.4 Å². The Hall–Kier alpha value is -2.02. The Balaban J connectivity index is 2.08. The Kier molecular flexibility index (Phi) is 3.29. The quantitative estimate of drug-likeness (QED) is 0.713. The van der Waals surface area contributed by atoms with Gasteiger partial charge in [-0.3, -0.25) is 4.79 Å². The van der Waals surface area contributed by atoms with E-state index in [2.05, 4.69) is 25.3 Å². The number of nitrogens with zero attached hydrogens (tertiary/aromatic N) is 3. The van der Waals surface area contributed by atoms with Crippen LogP contribution in [0.1, 0.15) is 19.8 Å². The molecule has 0 aliphatic rings. The fourth-order valence-electron chi connectivity index (χ4n) is 1.39. The number of aliphatic hydroxyl groups excluding tert-OH is 1. The van der Waals surface area contributed by atoms with E-state index in [1.54, 1.807) is 6.92 Å². The third-order valence-electron chi connectivity index (χ3n) is 2.27. The summed E-state index contributed by atoms with van der Waals surface area (Å²) in [4.78, 5) is 26.3. The number of rotatable bonds is 4. The van der Waals surface area contributed by atoms with Crippen LogP contribution in [0.4, 0.5) is 5.82 Å². The maximum Gasteiger partial charge on any atom is 0.225 e. The molecule has 17 heavy (non-hydrogen) atoms. The molecule has 2 aromatic heterocycles. The number of carbonyl (C=O) groups is 1. The summed E-state index contributed by atoms with van der Waals surface area (Å²) >= 11 is 0. The summed E-state index contributed by atoms with van der Waals surface area (Å²) in [6, 6.07) is 0. The van der Waals surface area contributed by atoms with Gasteiger partial charge in [0.05, 0.1) is 12.4 Å². The molecule has 1 atom stereocenters. The Labute approximate surface area is 97.3 Å². The molecule has 7 heteroatoms. The van der Waals surface area contributed by atoms with Crippen LogP contribution in [0.3, 0.4) is 0 Å². The molecule has 0 aliphatic carbocycles. The summed E-state index contributed by atoms with van der Waals surface area (Å²) in [7, 11) is 0. The number of nitrogens with one attached hydrogen (secondary N) is 2. The van der Waals surface area contributed by atoms with E-state index in [-0.39, 0.29) is 12.3 Å². The van der Waals surface area contributed by atoms with Gasteiger partial charge in [-0.05, 0) is 13.3 Å². The number of hydrogen-bond acceptors (Lipinski definition) is 5. The summed E-state index contributed by atoms with van der Waals surface area (Å²) in [5, 5.41) is 11.7. The maximum atomic E-state index is 11.6. The zero-order chi connectivity index (χ0) is 12.3. The van der Waals surface area contributed by atoms with E-state index in [4.69, 9.17) is 5.11 Å². The van der Waals surface area contributed by atoms with Crippen molar-refractivity contribution >= 4 is 22.9 Å². The van der Waals surface area contributed by atoms with E-state index in [9.17, 15) is 4.79 Å². The molecular weight excluding hydrogens is 222 g/mol. The van der Waals surface area contributed by atoms with Gasteiger partial charge in [0.1, 0.15) is 11.8 Å². The Morgan fingerprint density at radius 3 is 3.12 bits per heavy atom. The van der Waals surface area contributed by atoms with Crippen molar-refractivity contribution in [1.82, 2.24) is 19.9 Å². The van der Waals surface area contributed by atoms with Crippen LogP contribution in [-0.2, 0) is 4.79 Å². The fraction of sp³-hybridized carbons (Fsp3) is 0.400. The summed E-state index contributed by atoms with van der Waals surface area (Å²) in [6.45, 7) is 1.64. The maximum absolute atomic E-state index is 11.6. The molecule has 0 aliphatic heterocycles. The lowest BCUT2D eigenvalue weighted by atomic mass is 10.2. The highest BCUT2D eigenvalue weighted by Crippen LogP contribution is 2.14. The van der Waals surface area contributed by atoms with Gasteiger partial charge in [-0.15, -0.1) is 0 Å². The molecule has 0 radical (unpaired) electrons. The van der Waals surface area contributed by atoms with E-state index < -0.39 is 6.10 Å². The van der Waals surface area contributed by atoms with Crippen LogP contribution in [0.15, 0.2) is 12.7 Å². The number of hydrogen-bond donors (Lipinski definition) is 3. The first-order chi connectivity index (χ1) is 8.16. The number of fused-ring (bicyclic) bond motifs is 1. The first kappa shape index (κ1) is 11.5. The second kappa shape index (κ2) is 4.88. The minimum Gasteiger partial charge on any atom is -0.393 e. The number of imidazole rings is 1. The standard InChI is InChI=1S/C10H13N5O2/c1-6(16)2-3-7(17)15-10-8-9(12-4-11-8)13-5-14-10/h4-6,16H,2-3H2,1H3,(H2,11,12,13,14,15,17). The Bertz CT molecular complexity index is 522. The van der Waals surface area contributed by atoms with Gasteiger partial charge in [-0.2, -0.15) is 0 Å². The number of carbonyl (C=O) groups excluding carboxylic acids is 1. The molecule has 0 spiro atoms. The third-order valence-corrected chi connectivity index (χ3v) is 2.27. The molecule has 2 aromatic rings. The van der Waals surface area contributed by atoms with Crippen LogP contribution in [0.2, 0.25) is 0 Å². The van der Waals surface area contributed by atoms with Crippen molar-refractivity contribution in [2.75, 3.05) is 5.32 Å². The average molecular weight is 235 g/mol. The Morgan fingerprint density at radius 1 is 1.53 bits per heavy atom. The normalized spacial score (nSPS) is 12.6. The van der Waals surface area contributed by atoms with Gasteiger partial charge in [-0.25, -0.2) is 15.0 Å². The summed E-state index contributed by atoms with van der Waals surface area (Å²) < 4.78 is 0. The molecule has 7 nitrogen and oxygen atoms in total. The Morgan fingerprint density at radius 2 is 2.35 bits per heavy atom. The third kappa shape index (κ3) is 2.76. The molecule has 1 amide bonds. The summed E-state index contributed by atoms with van der Waals surface area (Å²) in [5.41, 5.74) is 1.10. The molecule has 0 fully saturated rings. The average Bonchev–Trinajstić information content (AvgIpc) is 2.75. The van der Waals surface area contributed by atoms with E-state index >= 15 is 0 Å². The predicted octanol–water partition coefficient (Wildman–Crippen LogP) is 0.452. The first-order valence-corrected chi connectivity index (χ1v) is 5.29. The van der Waals surface area contributed by atoms with Crippen LogP contribution >= 0.6 is 0 Å². The highest BCUT2D eigenvalue weighted by molar-refractivity contribution is 5.96. The molecule has 3 N–H and O–H groups in total. The van der Waals surface area contributed by atoms with E-state index in [1.807, 2.05) is 0 Å². The SMILES string of the molecule is CC(O)CCC(=O)Nc1ncnc2nc[nH]c12. The minimum atomic E-state index is -0.488. The van der Waals surface area contributed by atoms with E-state index in [0.717, 1.165) is 0 Å². The van der Waals surface area contributed by atoms with Gasteiger partial charge >= 0.3 is 0 Å². The van der Waals surface area contributed by atoms with Gasteiger partial charge in [0.15, 0.2) is 11.5 Å². The number of amides is 1. The predicted molar refractivity (Wildman–Crippen MR) is 61.2 cm³/mol. The first-order valence-electron chi connectivity index (χ1n) is 5.29. The lowest BCUT2D eigenvalue weighted by Crippen LogP contribution is -2.15. The lowest BCUT2D eigenvalue weighted by Gasteiger charge is -2.05. The van der Waals surface area contributed by atoms with Gasteiger partial charge in [0.2, 0.25) is 5.91 Å². The zero-order valence-electron chi connectivity index (χ0n) is 9.34. The van der Waals surface area contributed by atoms with Gasteiger partial charge in [0, 0.05) is 6.42 Å². The van der Waals surface area contributed by atoms with Crippen molar-refractivity contribution < 1.29 is 9.90 Å². The molecule has 0 saturated carbocycles. The monoisotopic (exact) mass is 235 g/mol. The largest absolute Gasteiger partial charge is 0.393 e. The lowest BCUT2D eigenvalue weighted by molar-refractivity contribution is -0.116. The molecule has 0 bridgehead atoms. The second-order valence-corrected chi connectivity index (χ2v) is 3.76. The molecule has 0 aromatic carbocycles. The van der Waals surface area contributed by atoms with Crippen LogP contribution in [0.5, 0.6) is 0 Å². The fourth-order valence-corrected chi connectivity index (χ4v) is 1.39. The number of aliphatic hydroxyl groups is 1. The van der Waals surface area contributed by atoms with Crippen molar-refractivity contribution in [2.45, 2.75) is 25.9 Å². The number of aromatic nitrogens is 4. The minimum absolute atomic E-state index is 0.194. The van der Waals surface area contributed by atoms with Gasteiger partial charge in [-0.1, -0.05) is 0 Å². The molecular formula is C10H13N5O2. The number of anilines is 1. The highest BCUT2D eigenvalue weighted by atomic mass is 16.3. The van der Waals surface area contributed by atoms with Crippen molar-refractivity contribution in [1.29, 1.82) is 0 Å². The molecule has 0 saturated heterocycles. The second-order valence-electron chi connectivity index (χ2n) is 3.76. The van der Waals surface area contributed by atoms with Crippen molar-refractivity contribution in [3.63, 3.8) is 0 Å². The highest BCUT2D eigenvalue weighted by Gasteiger charge is 2.10. The zero-order valence-corrected chi connectivity index (χ0v) is 9.34. The molecule has 90 valence electrons. The van der Waals surface area contributed by atoms with Crippen LogP contribution < -0.4 is 5.32 Å². The smallest absolute Gasteiger partial charge is 0.225 e. The summed E-state index contributed by atoms with van der Waals surface area (Å²) in [6.07, 6.45) is 3.01. The van der Waals surface area contributed by atoms with E-state index in [0.29, 0.717) is 23.4 Å². The van der Waals surface area contributed by atoms with Crippen molar-refractivity contribution in [2.24, 2.45) is 0 Å². The number of aromatic amines is 1. The van der Waals surface area contributed by atoms with Crippen LogP contribution in [-0.4, -0.2) is 37.1 Å². The van der Waals surface area contributed by atoms with Crippen molar-refractivity contribution in [3.8, 4) is 0 Å².